The quantitative estimate of drug-likeness (QED) is 0.584. The Balaban J connectivity index is 0.000000280. The highest BCUT2D eigenvalue weighted by molar-refractivity contribution is 5.91. The van der Waals surface area contributed by atoms with Crippen LogP contribution in [0.2, 0.25) is 0 Å². The van der Waals surface area contributed by atoms with Crippen molar-refractivity contribution in [1.29, 1.82) is 0 Å². The Morgan fingerprint density at radius 2 is 1.43 bits per heavy atom. The Kier molecular flexibility index (Phi) is 6.80. The van der Waals surface area contributed by atoms with Gasteiger partial charge in [-0.1, -0.05) is 0 Å². The fraction of sp³-hybridized carbons (Fsp3) is 0.125. The maximum atomic E-state index is 12.9. The average molecular weight is 398 g/mol. The molecule has 0 spiro atoms. The molecule has 2 aromatic rings. The number of halogens is 2. The van der Waals surface area contributed by atoms with Gasteiger partial charge in [-0.15, -0.1) is 0 Å². The van der Waals surface area contributed by atoms with Crippen molar-refractivity contribution in [3.63, 3.8) is 0 Å². The Hall–Kier alpha value is -3.96. The summed E-state index contributed by atoms with van der Waals surface area (Å²) in [5, 5.41) is 37.9. The molecule has 0 saturated carbocycles. The van der Waals surface area contributed by atoms with Gasteiger partial charge in [-0.25, -0.2) is 9.59 Å². The van der Waals surface area contributed by atoms with Crippen LogP contribution in [0.3, 0.4) is 0 Å². The van der Waals surface area contributed by atoms with Gasteiger partial charge in [-0.3, -0.25) is 20.2 Å². The summed E-state index contributed by atoms with van der Waals surface area (Å²) in [5.41, 5.74) is -2.17. The van der Waals surface area contributed by atoms with Crippen molar-refractivity contribution in [1.82, 2.24) is 0 Å². The molecule has 0 unspecified atom stereocenters. The molecule has 0 atom stereocenters. The van der Waals surface area contributed by atoms with Crippen LogP contribution < -0.4 is 0 Å². The van der Waals surface area contributed by atoms with Gasteiger partial charge >= 0.3 is 23.3 Å². The van der Waals surface area contributed by atoms with Gasteiger partial charge < -0.3 is 10.2 Å². The number of nitro groups is 2. The number of rotatable bonds is 4. The molecular weight excluding hydrogens is 386 g/mol. The van der Waals surface area contributed by atoms with Gasteiger partial charge in [-0.05, 0) is 37.6 Å². The Bertz CT molecular complexity index is 939. The molecule has 0 heterocycles. The normalized spacial score (nSPS) is 9.86. The van der Waals surface area contributed by atoms with Crippen LogP contribution in [0.25, 0.3) is 0 Å². The van der Waals surface area contributed by atoms with Gasteiger partial charge in [-0.2, -0.15) is 8.78 Å². The predicted octanol–water partition coefficient (Wildman–Crippen LogP) is 3.48. The molecule has 0 saturated heterocycles. The second-order valence-corrected chi connectivity index (χ2v) is 5.31. The standard InChI is InChI=1S/2C8H6FNO4/c1-4-2-6(9)7(10(13)14)3-5(4)8(11)12;1-4-5(8(11)12)2-3-6(9)7(4)10(13)14/h2*2-3H,1H3,(H,11,12). The SMILES string of the molecule is Cc1c(C(=O)O)ccc(F)c1[N+](=O)[O-].Cc1cc(F)c([N+](=O)[O-])cc1C(=O)O. The van der Waals surface area contributed by atoms with Gasteiger partial charge in [0.15, 0.2) is 0 Å². The molecule has 0 amide bonds. The monoisotopic (exact) mass is 398 g/mol. The smallest absolute Gasteiger partial charge is 0.336 e. The minimum Gasteiger partial charge on any atom is -0.478 e. The first-order valence-electron chi connectivity index (χ1n) is 7.23. The zero-order chi connectivity index (χ0) is 21.8. The van der Waals surface area contributed by atoms with E-state index in [4.69, 9.17) is 10.2 Å². The lowest BCUT2D eigenvalue weighted by molar-refractivity contribution is -0.388. The molecule has 0 aliphatic rings. The van der Waals surface area contributed by atoms with Crippen molar-refractivity contribution in [2.45, 2.75) is 13.8 Å². The lowest BCUT2D eigenvalue weighted by Crippen LogP contribution is -2.04. The van der Waals surface area contributed by atoms with Crippen molar-refractivity contribution in [3.05, 3.63) is 78.4 Å². The van der Waals surface area contributed by atoms with E-state index in [1.165, 1.54) is 13.8 Å². The molecule has 148 valence electrons. The highest BCUT2D eigenvalue weighted by atomic mass is 19.1. The van der Waals surface area contributed by atoms with E-state index >= 15 is 0 Å². The minimum atomic E-state index is -1.31. The first-order chi connectivity index (χ1) is 12.9. The Labute approximate surface area is 155 Å². The van der Waals surface area contributed by atoms with E-state index in [9.17, 15) is 38.6 Å². The van der Waals surface area contributed by atoms with Gasteiger partial charge in [0, 0.05) is 11.6 Å². The number of carboxylic acids is 2. The zero-order valence-corrected chi connectivity index (χ0v) is 14.3. The van der Waals surface area contributed by atoms with Crippen LogP contribution >= 0.6 is 0 Å². The van der Waals surface area contributed by atoms with E-state index in [1.54, 1.807) is 0 Å². The summed E-state index contributed by atoms with van der Waals surface area (Å²) in [7, 11) is 0. The number of hydrogen-bond acceptors (Lipinski definition) is 6. The molecule has 0 fully saturated rings. The number of carbonyl (C=O) groups is 2. The van der Waals surface area contributed by atoms with Crippen LogP contribution in [-0.2, 0) is 0 Å². The summed E-state index contributed by atoms with van der Waals surface area (Å²) >= 11 is 0. The molecule has 2 N–H and O–H groups in total. The largest absolute Gasteiger partial charge is 0.478 e. The summed E-state index contributed by atoms with van der Waals surface area (Å²) in [6.45, 7) is 2.57. The van der Waals surface area contributed by atoms with Crippen molar-refractivity contribution in [3.8, 4) is 0 Å². The van der Waals surface area contributed by atoms with Gasteiger partial charge in [0.25, 0.3) is 0 Å². The third-order valence-corrected chi connectivity index (χ3v) is 3.52. The van der Waals surface area contributed by atoms with Crippen LogP contribution in [0.15, 0.2) is 24.3 Å². The lowest BCUT2D eigenvalue weighted by atomic mass is 10.1. The number of carboxylic acid groups (broad SMARTS) is 2. The molecule has 10 nitrogen and oxygen atoms in total. The van der Waals surface area contributed by atoms with Gasteiger partial charge in [0.05, 0.1) is 21.0 Å². The number of nitro benzene ring substituents is 2. The molecule has 0 bridgehead atoms. The van der Waals surface area contributed by atoms with Crippen molar-refractivity contribution >= 4 is 23.3 Å². The first-order valence-corrected chi connectivity index (χ1v) is 7.23. The summed E-state index contributed by atoms with van der Waals surface area (Å²) in [5.74, 6) is -4.69. The fourth-order valence-corrected chi connectivity index (χ4v) is 2.15. The molecule has 28 heavy (non-hydrogen) atoms. The van der Waals surface area contributed by atoms with E-state index in [0.29, 0.717) is 6.07 Å². The molecule has 0 aliphatic carbocycles. The minimum absolute atomic E-state index is 0.153. The number of hydrogen-bond donors (Lipinski definition) is 2. The third-order valence-electron chi connectivity index (χ3n) is 3.52. The summed E-state index contributed by atoms with van der Waals surface area (Å²) < 4.78 is 25.8. The van der Waals surface area contributed by atoms with Crippen LogP contribution in [0.5, 0.6) is 0 Å². The maximum Gasteiger partial charge on any atom is 0.336 e. The zero-order valence-electron chi connectivity index (χ0n) is 14.3. The molecule has 2 aromatic carbocycles. The van der Waals surface area contributed by atoms with E-state index in [-0.39, 0.29) is 22.3 Å². The molecule has 0 aromatic heterocycles. The molecule has 2 rings (SSSR count). The second-order valence-electron chi connectivity index (χ2n) is 5.31. The number of aryl methyl sites for hydroxylation is 1. The van der Waals surface area contributed by atoms with E-state index in [2.05, 4.69) is 0 Å². The Morgan fingerprint density at radius 1 is 0.893 bits per heavy atom. The second kappa shape index (κ2) is 8.62. The van der Waals surface area contributed by atoms with E-state index < -0.39 is 44.8 Å². The molecular formula is C16H12F2N2O8. The average Bonchev–Trinajstić information content (AvgIpc) is 2.53. The van der Waals surface area contributed by atoms with Crippen LogP contribution in [-0.4, -0.2) is 32.0 Å². The van der Waals surface area contributed by atoms with Crippen LogP contribution in [0.1, 0.15) is 31.8 Å². The summed E-state index contributed by atoms with van der Waals surface area (Å²) in [4.78, 5) is 39.9. The van der Waals surface area contributed by atoms with Crippen molar-refractivity contribution in [2.75, 3.05) is 0 Å². The predicted molar refractivity (Wildman–Crippen MR) is 89.5 cm³/mol. The Morgan fingerprint density at radius 3 is 1.86 bits per heavy atom. The summed E-state index contributed by atoms with van der Waals surface area (Å²) in [6, 6.07) is 3.32. The molecule has 12 heteroatoms. The van der Waals surface area contributed by atoms with Crippen molar-refractivity contribution in [2.24, 2.45) is 0 Å². The van der Waals surface area contributed by atoms with Crippen molar-refractivity contribution < 1.29 is 38.4 Å². The summed E-state index contributed by atoms with van der Waals surface area (Å²) in [6.07, 6.45) is 0. The third kappa shape index (κ3) is 4.81. The van der Waals surface area contributed by atoms with Crippen LogP contribution in [0.4, 0.5) is 20.2 Å². The fourth-order valence-electron chi connectivity index (χ4n) is 2.15. The topological polar surface area (TPSA) is 161 Å². The maximum absolute atomic E-state index is 12.9. The number of aromatic carboxylic acids is 2. The number of benzene rings is 2. The van der Waals surface area contributed by atoms with Gasteiger partial charge in [0.1, 0.15) is 0 Å². The van der Waals surface area contributed by atoms with E-state index in [0.717, 1.165) is 18.2 Å². The van der Waals surface area contributed by atoms with E-state index in [1.807, 2.05) is 0 Å². The molecule has 0 radical (unpaired) electrons. The lowest BCUT2D eigenvalue weighted by Gasteiger charge is -2.01. The highest BCUT2D eigenvalue weighted by Gasteiger charge is 2.23. The van der Waals surface area contributed by atoms with Gasteiger partial charge in [0.2, 0.25) is 11.6 Å². The number of nitrogens with zero attached hydrogens (tertiary/aromatic N) is 2. The van der Waals surface area contributed by atoms with Crippen LogP contribution in [0, 0.1) is 45.7 Å². The first kappa shape index (κ1) is 22.1. The highest BCUT2D eigenvalue weighted by Crippen LogP contribution is 2.25. The molecule has 0 aliphatic heterocycles.